The van der Waals surface area contributed by atoms with Crippen molar-refractivity contribution < 1.29 is 9.57 Å². The minimum atomic E-state index is 0.393. The number of nitrogens with zero attached hydrogens (tertiary/aromatic N) is 6. The zero-order chi connectivity index (χ0) is 24.1. The first kappa shape index (κ1) is 23.8. The van der Waals surface area contributed by atoms with Crippen LogP contribution in [0.15, 0.2) is 34.5 Å². The number of benzene rings is 1. The molecule has 1 aromatic carbocycles. The summed E-state index contributed by atoms with van der Waals surface area (Å²) in [6, 6.07) is 6.03. The number of nitrogens with one attached hydrogen (secondary N) is 1. The van der Waals surface area contributed by atoms with Crippen molar-refractivity contribution in [1.82, 2.24) is 25.6 Å². The lowest BCUT2D eigenvalue weighted by molar-refractivity contribution is 0.320. The van der Waals surface area contributed by atoms with Gasteiger partial charge in [0.05, 0.1) is 18.7 Å². The normalized spacial score (nSPS) is 16.6. The zero-order valence-corrected chi connectivity index (χ0v) is 20.6. The molecule has 178 valence electrons. The third-order valence-corrected chi connectivity index (χ3v) is 6.17. The van der Waals surface area contributed by atoms with Gasteiger partial charge in [-0.1, -0.05) is 48.0 Å². The van der Waals surface area contributed by atoms with Crippen molar-refractivity contribution in [2.75, 3.05) is 13.2 Å². The third kappa shape index (κ3) is 4.79. The SMILES string of the molecule is CC.CCOc1ncc(C2=NCC(c3ccc4c(c3C)CCC4Cc3nn[nH]n3)=NO2)cc1Cl. The molecule has 0 fully saturated rings. The fourth-order valence-electron chi connectivity index (χ4n) is 4.35. The summed E-state index contributed by atoms with van der Waals surface area (Å²) in [5.74, 6) is 1.94. The van der Waals surface area contributed by atoms with Crippen LogP contribution in [0.4, 0.5) is 0 Å². The molecule has 1 aliphatic carbocycles. The van der Waals surface area contributed by atoms with E-state index in [-0.39, 0.29) is 0 Å². The molecule has 2 aliphatic rings. The highest BCUT2D eigenvalue weighted by Crippen LogP contribution is 2.38. The molecule has 34 heavy (non-hydrogen) atoms. The molecule has 2 aromatic heterocycles. The van der Waals surface area contributed by atoms with Crippen LogP contribution in [0.2, 0.25) is 5.02 Å². The molecular formula is C24H28ClN7O2. The molecule has 0 saturated carbocycles. The van der Waals surface area contributed by atoms with E-state index in [4.69, 9.17) is 21.2 Å². The van der Waals surface area contributed by atoms with Crippen LogP contribution >= 0.6 is 11.6 Å². The highest BCUT2D eigenvalue weighted by atomic mass is 35.5. The van der Waals surface area contributed by atoms with Crippen molar-refractivity contribution in [3.63, 3.8) is 0 Å². The first-order valence-corrected chi connectivity index (χ1v) is 11.9. The van der Waals surface area contributed by atoms with E-state index in [1.165, 1.54) is 16.7 Å². The van der Waals surface area contributed by atoms with E-state index in [0.717, 1.165) is 36.4 Å². The van der Waals surface area contributed by atoms with Gasteiger partial charge in [0, 0.05) is 18.2 Å². The maximum atomic E-state index is 6.24. The monoisotopic (exact) mass is 481 g/mol. The number of oxime groups is 1. The van der Waals surface area contributed by atoms with Gasteiger partial charge in [-0.15, -0.1) is 10.2 Å². The van der Waals surface area contributed by atoms with Gasteiger partial charge in [0.1, 0.15) is 10.7 Å². The van der Waals surface area contributed by atoms with E-state index in [1.54, 1.807) is 12.3 Å². The van der Waals surface area contributed by atoms with Crippen LogP contribution in [0.1, 0.15) is 66.8 Å². The predicted octanol–water partition coefficient (Wildman–Crippen LogP) is 4.44. The van der Waals surface area contributed by atoms with Gasteiger partial charge < -0.3 is 9.57 Å². The standard InChI is InChI=1S/C22H22ClN7O2.C2H6/c1-3-31-22-18(23)8-14(10-24-22)21-25-11-19(28-32-21)16-6-7-17-13(4-5-15(17)12(16)2)9-20-26-29-30-27-20;1-2/h6-8,10,13H,3-5,9,11H2,1-2H3,(H,26,27,29,30);1-2H3. The molecule has 1 atom stereocenters. The largest absolute Gasteiger partial charge is 0.477 e. The van der Waals surface area contributed by atoms with Crippen LogP contribution in [0.3, 0.4) is 0 Å². The Labute approximate surface area is 203 Å². The Morgan fingerprint density at radius 2 is 2.12 bits per heavy atom. The lowest BCUT2D eigenvalue weighted by Gasteiger charge is -2.17. The van der Waals surface area contributed by atoms with E-state index in [9.17, 15) is 0 Å². The van der Waals surface area contributed by atoms with Gasteiger partial charge in [0.25, 0.3) is 5.90 Å². The van der Waals surface area contributed by atoms with Crippen LogP contribution in [0.25, 0.3) is 0 Å². The van der Waals surface area contributed by atoms with Gasteiger partial charge in [-0.05, 0) is 55.4 Å². The number of tetrazole rings is 1. The lowest BCUT2D eigenvalue weighted by Crippen LogP contribution is -2.19. The molecule has 3 aromatic rings. The average molecular weight is 482 g/mol. The molecule has 0 spiro atoms. The molecule has 0 saturated heterocycles. The van der Waals surface area contributed by atoms with Crippen molar-refractivity contribution >= 4 is 23.2 Å². The molecule has 3 heterocycles. The Balaban J connectivity index is 0.00000133. The number of aliphatic imine (C=N–C) groups is 1. The quantitative estimate of drug-likeness (QED) is 0.557. The second kappa shape index (κ2) is 10.7. The number of H-pyrrole nitrogens is 1. The van der Waals surface area contributed by atoms with Gasteiger partial charge in [-0.3, -0.25) is 0 Å². The number of hydrogen-bond donors (Lipinski definition) is 1. The maximum absolute atomic E-state index is 6.24. The van der Waals surface area contributed by atoms with Crippen molar-refractivity contribution in [3.05, 3.63) is 63.1 Å². The first-order valence-electron chi connectivity index (χ1n) is 11.6. The summed E-state index contributed by atoms with van der Waals surface area (Å²) in [5, 5.41) is 19.2. The van der Waals surface area contributed by atoms with Gasteiger partial charge in [-0.2, -0.15) is 5.21 Å². The van der Waals surface area contributed by atoms with E-state index in [1.807, 2.05) is 20.8 Å². The molecule has 1 aliphatic heterocycles. The number of pyridine rings is 1. The molecule has 5 rings (SSSR count). The number of fused-ring (bicyclic) bond motifs is 1. The summed E-state index contributed by atoms with van der Waals surface area (Å²) >= 11 is 6.24. The van der Waals surface area contributed by atoms with Gasteiger partial charge in [0.2, 0.25) is 5.88 Å². The molecule has 9 nitrogen and oxygen atoms in total. The number of ether oxygens (including phenoxy) is 1. The second-order valence-corrected chi connectivity index (χ2v) is 8.18. The van der Waals surface area contributed by atoms with Crippen LogP contribution < -0.4 is 4.74 Å². The Morgan fingerprint density at radius 1 is 1.26 bits per heavy atom. The Bertz CT molecular complexity index is 1210. The molecule has 0 radical (unpaired) electrons. The Kier molecular flexibility index (Phi) is 7.52. The van der Waals surface area contributed by atoms with Crippen molar-refractivity contribution in [3.8, 4) is 5.88 Å². The maximum Gasteiger partial charge on any atom is 0.253 e. The van der Waals surface area contributed by atoms with Gasteiger partial charge in [0.15, 0.2) is 5.82 Å². The highest BCUT2D eigenvalue weighted by Gasteiger charge is 2.27. The van der Waals surface area contributed by atoms with E-state index < -0.39 is 0 Å². The molecule has 10 heteroatoms. The van der Waals surface area contributed by atoms with Crippen molar-refractivity contribution in [2.45, 2.75) is 52.9 Å². The number of hydrogen-bond acceptors (Lipinski definition) is 8. The molecule has 1 unspecified atom stereocenters. The number of aromatic nitrogens is 5. The Morgan fingerprint density at radius 3 is 2.79 bits per heavy atom. The van der Waals surface area contributed by atoms with Crippen LogP contribution in [-0.4, -0.2) is 50.4 Å². The molecule has 1 N–H and O–H groups in total. The zero-order valence-electron chi connectivity index (χ0n) is 19.8. The predicted molar refractivity (Wildman–Crippen MR) is 131 cm³/mol. The molecule has 0 bridgehead atoms. The van der Waals surface area contributed by atoms with Crippen molar-refractivity contribution in [1.29, 1.82) is 0 Å². The number of halogens is 1. The van der Waals surface area contributed by atoms with E-state index >= 15 is 0 Å². The highest BCUT2D eigenvalue weighted by molar-refractivity contribution is 6.32. The van der Waals surface area contributed by atoms with Crippen LogP contribution in [0, 0.1) is 6.92 Å². The van der Waals surface area contributed by atoms with E-state index in [2.05, 4.69) is 54.8 Å². The number of rotatable bonds is 6. The summed E-state index contributed by atoms with van der Waals surface area (Å²) in [7, 11) is 0. The summed E-state index contributed by atoms with van der Waals surface area (Å²) < 4.78 is 5.38. The van der Waals surface area contributed by atoms with E-state index in [0.29, 0.717) is 41.4 Å². The summed E-state index contributed by atoms with van der Waals surface area (Å²) in [5.41, 5.74) is 6.49. The van der Waals surface area contributed by atoms with Gasteiger partial charge in [-0.25, -0.2) is 9.98 Å². The average Bonchev–Trinajstić information content (AvgIpc) is 3.53. The summed E-state index contributed by atoms with van der Waals surface area (Å²) in [6.07, 6.45) is 4.51. The fraction of sp³-hybridized carbons (Fsp3) is 0.417. The Hall–Kier alpha value is -3.33. The molecular weight excluding hydrogens is 454 g/mol. The fourth-order valence-corrected chi connectivity index (χ4v) is 4.57. The summed E-state index contributed by atoms with van der Waals surface area (Å²) in [4.78, 5) is 14.4. The molecule has 0 amide bonds. The van der Waals surface area contributed by atoms with Crippen LogP contribution in [-0.2, 0) is 17.7 Å². The third-order valence-electron chi connectivity index (χ3n) is 5.90. The first-order chi connectivity index (χ1) is 16.6. The minimum Gasteiger partial charge on any atom is -0.477 e. The van der Waals surface area contributed by atoms with Gasteiger partial charge >= 0.3 is 0 Å². The minimum absolute atomic E-state index is 0.393. The van der Waals surface area contributed by atoms with Crippen molar-refractivity contribution in [2.24, 2.45) is 10.1 Å². The smallest absolute Gasteiger partial charge is 0.253 e. The summed E-state index contributed by atoms with van der Waals surface area (Å²) in [6.45, 7) is 8.94. The lowest BCUT2D eigenvalue weighted by atomic mass is 9.92. The number of aromatic amines is 1. The second-order valence-electron chi connectivity index (χ2n) is 7.77. The topological polar surface area (TPSA) is 111 Å². The van der Waals surface area contributed by atoms with Crippen LogP contribution in [0.5, 0.6) is 5.88 Å².